The summed E-state index contributed by atoms with van der Waals surface area (Å²) in [7, 11) is 0. The van der Waals surface area contributed by atoms with Crippen LogP contribution in [0.4, 0.5) is 0 Å². The first-order valence-electron chi connectivity index (χ1n) is 3.47. The van der Waals surface area contributed by atoms with Gasteiger partial charge in [-0.15, -0.1) is 0 Å². The number of carbonyl (C=O) groups excluding carboxylic acids is 1. The first-order valence-corrected chi connectivity index (χ1v) is 3.47. The lowest BCUT2D eigenvalue weighted by molar-refractivity contribution is -0.118. The van der Waals surface area contributed by atoms with Gasteiger partial charge in [-0.05, 0) is 12.3 Å². The lowest BCUT2D eigenvalue weighted by Crippen LogP contribution is -2.13. The van der Waals surface area contributed by atoms with Crippen molar-refractivity contribution in [3.63, 3.8) is 0 Å². The van der Waals surface area contributed by atoms with Crippen molar-refractivity contribution in [1.29, 1.82) is 0 Å². The lowest BCUT2D eigenvalue weighted by Gasteiger charge is -2.19. The van der Waals surface area contributed by atoms with Crippen molar-refractivity contribution < 1.29 is 4.79 Å². The fourth-order valence-corrected chi connectivity index (χ4v) is 0.799. The molecule has 0 fully saturated rings. The maximum Gasteiger partial charge on any atom is 0.130 e. The predicted octanol–water partition coefficient (Wildman–Crippen LogP) is 2.40. The van der Waals surface area contributed by atoms with Gasteiger partial charge in [0.15, 0.2) is 0 Å². The highest BCUT2D eigenvalue weighted by molar-refractivity contribution is 5.76. The zero-order chi connectivity index (χ0) is 7.49. The second kappa shape index (κ2) is 3.00. The second-order valence-corrected chi connectivity index (χ2v) is 3.40. The fraction of sp³-hybridized carbons (Fsp3) is 0.875. The van der Waals surface area contributed by atoms with Crippen LogP contribution in [0.15, 0.2) is 0 Å². The van der Waals surface area contributed by atoms with Gasteiger partial charge in [0.2, 0.25) is 0 Å². The predicted molar refractivity (Wildman–Crippen MR) is 39.4 cm³/mol. The Balaban J connectivity index is 3.71. The van der Waals surface area contributed by atoms with Crippen molar-refractivity contribution in [1.82, 2.24) is 0 Å². The van der Waals surface area contributed by atoms with Gasteiger partial charge in [-0.3, -0.25) is 0 Å². The van der Waals surface area contributed by atoms with Gasteiger partial charge in [0.1, 0.15) is 5.78 Å². The van der Waals surface area contributed by atoms with E-state index in [1.807, 2.05) is 0 Å². The smallest absolute Gasteiger partial charge is 0.130 e. The van der Waals surface area contributed by atoms with E-state index in [2.05, 4.69) is 20.8 Å². The van der Waals surface area contributed by atoms with Crippen molar-refractivity contribution in [2.24, 2.45) is 5.41 Å². The fourth-order valence-electron chi connectivity index (χ4n) is 0.799. The van der Waals surface area contributed by atoms with E-state index in [0.29, 0.717) is 12.2 Å². The molecule has 0 bridgehead atoms. The van der Waals surface area contributed by atoms with Gasteiger partial charge in [-0.1, -0.05) is 27.2 Å². The number of rotatable bonds is 3. The van der Waals surface area contributed by atoms with Crippen molar-refractivity contribution in [2.75, 3.05) is 0 Å². The SMILES string of the molecule is CCC(C)(C)CC(C)=O. The van der Waals surface area contributed by atoms with E-state index in [1.54, 1.807) is 6.92 Å². The summed E-state index contributed by atoms with van der Waals surface area (Å²) in [6, 6.07) is 0. The molecular formula is C8H16O. The minimum absolute atomic E-state index is 0.214. The Morgan fingerprint density at radius 1 is 1.44 bits per heavy atom. The van der Waals surface area contributed by atoms with E-state index in [9.17, 15) is 4.79 Å². The van der Waals surface area contributed by atoms with Crippen molar-refractivity contribution in [2.45, 2.75) is 40.5 Å². The molecule has 0 spiro atoms. The molecule has 0 heterocycles. The Morgan fingerprint density at radius 2 is 1.89 bits per heavy atom. The van der Waals surface area contributed by atoms with E-state index < -0.39 is 0 Å². The molecule has 0 aliphatic heterocycles. The quantitative estimate of drug-likeness (QED) is 0.570. The molecule has 0 aliphatic carbocycles. The molecule has 0 rings (SSSR count). The summed E-state index contributed by atoms with van der Waals surface area (Å²) in [5, 5.41) is 0. The van der Waals surface area contributed by atoms with Crippen LogP contribution < -0.4 is 0 Å². The van der Waals surface area contributed by atoms with Crippen LogP contribution in [0.5, 0.6) is 0 Å². The molecule has 0 aliphatic rings. The molecule has 0 N–H and O–H groups in total. The minimum atomic E-state index is 0.214. The monoisotopic (exact) mass is 128 g/mol. The van der Waals surface area contributed by atoms with Gasteiger partial charge in [0, 0.05) is 6.42 Å². The Kier molecular flexibility index (Phi) is 2.89. The van der Waals surface area contributed by atoms with Crippen molar-refractivity contribution in [3.05, 3.63) is 0 Å². The van der Waals surface area contributed by atoms with Gasteiger partial charge in [-0.25, -0.2) is 0 Å². The van der Waals surface area contributed by atoms with Gasteiger partial charge in [0.05, 0.1) is 0 Å². The summed E-state index contributed by atoms with van der Waals surface area (Å²) in [6.07, 6.45) is 1.79. The molecule has 1 heteroatoms. The van der Waals surface area contributed by atoms with E-state index in [1.165, 1.54) is 0 Å². The summed E-state index contributed by atoms with van der Waals surface area (Å²) in [4.78, 5) is 10.6. The molecular weight excluding hydrogens is 112 g/mol. The molecule has 0 radical (unpaired) electrons. The molecule has 0 saturated heterocycles. The highest BCUT2D eigenvalue weighted by Gasteiger charge is 2.16. The summed E-state index contributed by atoms with van der Waals surface area (Å²) < 4.78 is 0. The summed E-state index contributed by atoms with van der Waals surface area (Å²) in [5.74, 6) is 0.293. The first kappa shape index (κ1) is 8.67. The molecule has 0 aromatic carbocycles. The first-order chi connectivity index (χ1) is 3.98. The molecule has 0 aromatic rings. The topological polar surface area (TPSA) is 17.1 Å². The maximum atomic E-state index is 10.6. The van der Waals surface area contributed by atoms with Crippen LogP contribution >= 0.6 is 0 Å². The number of ketones is 1. The van der Waals surface area contributed by atoms with Crippen LogP contribution in [0, 0.1) is 5.41 Å². The minimum Gasteiger partial charge on any atom is -0.300 e. The van der Waals surface area contributed by atoms with Crippen LogP contribution in [0.1, 0.15) is 40.5 Å². The van der Waals surface area contributed by atoms with Gasteiger partial charge in [-0.2, -0.15) is 0 Å². The van der Waals surface area contributed by atoms with Crippen molar-refractivity contribution >= 4 is 5.78 Å². The second-order valence-electron chi connectivity index (χ2n) is 3.40. The van der Waals surface area contributed by atoms with Crippen LogP contribution in [-0.2, 0) is 4.79 Å². The zero-order valence-corrected chi connectivity index (χ0v) is 6.82. The summed E-state index contributed by atoms with van der Waals surface area (Å²) in [5.41, 5.74) is 0.214. The molecule has 9 heavy (non-hydrogen) atoms. The summed E-state index contributed by atoms with van der Waals surface area (Å²) >= 11 is 0. The molecule has 0 aromatic heterocycles. The van der Waals surface area contributed by atoms with Gasteiger partial charge >= 0.3 is 0 Å². The highest BCUT2D eigenvalue weighted by Crippen LogP contribution is 2.23. The third kappa shape index (κ3) is 4.19. The largest absolute Gasteiger partial charge is 0.300 e. The third-order valence-corrected chi connectivity index (χ3v) is 1.68. The van der Waals surface area contributed by atoms with Gasteiger partial charge in [0.25, 0.3) is 0 Å². The van der Waals surface area contributed by atoms with Gasteiger partial charge < -0.3 is 4.79 Å². The van der Waals surface area contributed by atoms with Crippen LogP contribution in [0.25, 0.3) is 0 Å². The van der Waals surface area contributed by atoms with Crippen molar-refractivity contribution in [3.8, 4) is 0 Å². The maximum absolute atomic E-state index is 10.6. The van der Waals surface area contributed by atoms with E-state index in [0.717, 1.165) is 6.42 Å². The molecule has 1 nitrogen and oxygen atoms in total. The van der Waals surface area contributed by atoms with E-state index in [4.69, 9.17) is 0 Å². The number of hydrogen-bond donors (Lipinski definition) is 0. The molecule has 0 saturated carbocycles. The van der Waals surface area contributed by atoms with E-state index in [-0.39, 0.29) is 5.41 Å². The number of Topliss-reactive ketones (excluding diaryl/α,β-unsaturated/α-hetero) is 1. The molecule has 0 unspecified atom stereocenters. The highest BCUT2D eigenvalue weighted by atomic mass is 16.1. The average molecular weight is 128 g/mol. The van der Waals surface area contributed by atoms with Crippen LogP contribution in [-0.4, -0.2) is 5.78 Å². The van der Waals surface area contributed by atoms with Crippen LogP contribution in [0.3, 0.4) is 0 Å². The molecule has 54 valence electrons. The lowest BCUT2D eigenvalue weighted by atomic mass is 9.85. The standard InChI is InChI=1S/C8H16O/c1-5-8(3,4)6-7(2)9/h5-6H2,1-4H3. The van der Waals surface area contributed by atoms with Crippen LogP contribution in [0.2, 0.25) is 0 Å². The molecule has 0 atom stereocenters. The van der Waals surface area contributed by atoms with E-state index >= 15 is 0 Å². The number of carbonyl (C=O) groups is 1. The number of hydrogen-bond acceptors (Lipinski definition) is 1. The average Bonchev–Trinajstić information content (AvgIpc) is 1.63. The Morgan fingerprint density at radius 3 is 2.00 bits per heavy atom. The third-order valence-electron chi connectivity index (χ3n) is 1.68. The Hall–Kier alpha value is -0.330. The summed E-state index contributed by atoms with van der Waals surface area (Å²) in [6.45, 7) is 8.00. The normalized spacial score (nSPS) is 11.6. The Labute approximate surface area is 57.5 Å². The Bertz CT molecular complexity index is 103. The molecule has 0 amide bonds. The zero-order valence-electron chi connectivity index (χ0n) is 6.82.